The van der Waals surface area contributed by atoms with Crippen molar-refractivity contribution in [3.63, 3.8) is 0 Å². The van der Waals surface area contributed by atoms with Crippen LogP contribution < -0.4 is 5.32 Å². The molecule has 2 aliphatic carbocycles. The third-order valence-electron chi connectivity index (χ3n) is 4.61. The second kappa shape index (κ2) is 4.91. The van der Waals surface area contributed by atoms with Crippen molar-refractivity contribution in [2.75, 3.05) is 6.54 Å². The van der Waals surface area contributed by atoms with Gasteiger partial charge in [-0.25, -0.2) is 4.39 Å². The highest BCUT2D eigenvalue weighted by atomic mass is 35.5. The van der Waals surface area contributed by atoms with Crippen molar-refractivity contribution in [2.24, 2.45) is 11.3 Å². The van der Waals surface area contributed by atoms with E-state index >= 15 is 0 Å². The summed E-state index contributed by atoms with van der Waals surface area (Å²) in [6, 6.07) is 2.87. The molecule has 0 aromatic heterocycles. The van der Waals surface area contributed by atoms with Crippen LogP contribution in [0.25, 0.3) is 0 Å². The standard InChI is InChI=1S/C15H18Cl2FN/c1-9(13-11(16)4-5-12(18)14(13)17)19-8-15(6-7-15)10-2-3-10/h4-5,9-10,19H,2-3,6-8H2,1H3. The molecule has 0 spiro atoms. The maximum Gasteiger partial charge on any atom is 0.142 e. The minimum atomic E-state index is -0.405. The van der Waals surface area contributed by atoms with E-state index in [2.05, 4.69) is 5.32 Å². The Morgan fingerprint density at radius 1 is 1.37 bits per heavy atom. The lowest BCUT2D eigenvalue weighted by atomic mass is 9.99. The maximum atomic E-state index is 13.5. The molecule has 1 atom stereocenters. The van der Waals surface area contributed by atoms with E-state index in [0.717, 1.165) is 12.5 Å². The van der Waals surface area contributed by atoms with Crippen LogP contribution in [0.15, 0.2) is 12.1 Å². The molecule has 4 heteroatoms. The first-order valence-corrected chi connectivity index (χ1v) is 7.66. The molecule has 1 unspecified atom stereocenters. The number of hydrogen-bond acceptors (Lipinski definition) is 1. The zero-order chi connectivity index (χ0) is 13.6. The average Bonchev–Trinajstić information content (AvgIpc) is 3.24. The van der Waals surface area contributed by atoms with Gasteiger partial charge in [-0.3, -0.25) is 0 Å². The van der Waals surface area contributed by atoms with E-state index in [9.17, 15) is 4.39 Å². The van der Waals surface area contributed by atoms with Gasteiger partial charge in [0.25, 0.3) is 0 Å². The van der Waals surface area contributed by atoms with E-state index in [1.54, 1.807) is 6.07 Å². The SMILES string of the molecule is CC(NCC1(C2CC2)CC1)c1c(Cl)ccc(F)c1Cl. The van der Waals surface area contributed by atoms with Gasteiger partial charge >= 0.3 is 0 Å². The zero-order valence-corrected chi connectivity index (χ0v) is 12.5. The first kappa shape index (κ1) is 13.7. The van der Waals surface area contributed by atoms with Gasteiger partial charge in [0.05, 0.1) is 5.02 Å². The Labute approximate surface area is 123 Å². The van der Waals surface area contributed by atoms with Crippen molar-refractivity contribution < 1.29 is 4.39 Å². The van der Waals surface area contributed by atoms with E-state index < -0.39 is 5.82 Å². The summed E-state index contributed by atoms with van der Waals surface area (Å²) in [7, 11) is 0. The second-order valence-corrected chi connectivity index (χ2v) is 6.78. The van der Waals surface area contributed by atoms with Crippen molar-refractivity contribution in [1.29, 1.82) is 0 Å². The Hall–Kier alpha value is -0.310. The molecule has 0 radical (unpaired) electrons. The van der Waals surface area contributed by atoms with Crippen LogP contribution in [0.1, 0.15) is 44.2 Å². The minimum absolute atomic E-state index is 0.0214. The highest BCUT2D eigenvalue weighted by Gasteiger charge is 2.53. The highest BCUT2D eigenvalue weighted by Crippen LogP contribution is 2.61. The van der Waals surface area contributed by atoms with Crippen LogP contribution in [0, 0.1) is 17.2 Å². The van der Waals surface area contributed by atoms with Gasteiger partial charge in [0, 0.05) is 23.2 Å². The van der Waals surface area contributed by atoms with Gasteiger partial charge in [0.1, 0.15) is 5.82 Å². The van der Waals surface area contributed by atoms with Crippen LogP contribution in [-0.4, -0.2) is 6.54 Å². The summed E-state index contributed by atoms with van der Waals surface area (Å²) in [6.07, 6.45) is 5.39. The van der Waals surface area contributed by atoms with E-state index in [-0.39, 0.29) is 11.1 Å². The third kappa shape index (κ3) is 2.63. The molecule has 19 heavy (non-hydrogen) atoms. The molecule has 1 aromatic rings. The molecule has 0 heterocycles. The van der Waals surface area contributed by atoms with Crippen LogP contribution >= 0.6 is 23.2 Å². The van der Waals surface area contributed by atoms with Gasteiger partial charge in [-0.2, -0.15) is 0 Å². The van der Waals surface area contributed by atoms with Crippen molar-refractivity contribution in [3.05, 3.63) is 33.6 Å². The number of halogens is 3. The van der Waals surface area contributed by atoms with Gasteiger partial charge in [0.15, 0.2) is 0 Å². The van der Waals surface area contributed by atoms with Crippen molar-refractivity contribution in [3.8, 4) is 0 Å². The summed E-state index contributed by atoms with van der Waals surface area (Å²) in [5.74, 6) is 0.503. The van der Waals surface area contributed by atoms with Gasteiger partial charge < -0.3 is 5.32 Å². The smallest absolute Gasteiger partial charge is 0.142 e. The molecule has 1 N–H and O–H groups in total. The molecule has 1 aromatic carbocycles. The van der Waals surface area contributed by atoms with Crippen LogP contribution in [0.4, 0.5) is 4.39 Å². The maximum absolute atomic E-state index is 13.5. The fourth-order valence-corrected chi connectivity index (χ4v) is 3.68. The first-order chi connectivity index (χ1) is 9.03. The van der Waals surface area contributed by atoms with Gasteiger partial charge in [-0.1, -0.05) is 23.2 Å². The highest BCUT2D eigenvalue weighted by molar-refractivity contribution is 6.36. The van der Waals surface area contributed by atoms with Crippen LogP contribution in [0.3, 0.4) is 0 Å². The van der Waals surface area contributed by atoms with E-state index in [0.29, 0.717) is 16.0 Å². The lowest BCUT2D eigenvalue weighted by molar-refractivity contribution is 0.381. The number of rotatable bonds is 5. The predicted octanol–water partition coefficient (Wildman–Crippen LogP) is 4.97. The molecule has 2 aliphatic rings. The van der Waals surface area contributed by atoms with Gasteiger partial charge in [-0.15, -0.1) is 0 Å². The molecular weight excluding hydrogens is 284 g/mol. The van der Waals surface area contributed by atoms with Crippen molar-refractivity contribution in [2.45, 2.75) is 38.6 Å². The molecule has 2 fully saturated rings. The van der Waals surface area contributed by atoms with Crippen molar-refractivity contribution in [1.82, 2.24) is 5.32 Å². The summed E-state index contributed by atoms with van der Waals surface area (Å²) in [5.41, 5.74) is 1.19. The topological polar surface area (TPSA) is 12.0 Å². The number of nitrogens with one attached hydrogen (secondary N) is 1. The Balaban J connectivity index is 1.70. The molecule has 2 saturated carbocycles. The fourth-order valence-electron chi connectivity index (χ4n) is 2.98. The largest absolute Gasteiger partial charge is 0.310 e. The predicted molar refractivity (Wildman–Crippen MR) is 77.2 cm³/mol. The number of benzene rings is 1. The first-order valence-electron chi connectivity index (χ1n) is 6.90. The van der Waals surface area contributed by atoms with Crippen molar-refractivity contribution >= 4 is 23.2 Å². The molecule has 0 amide bonds. The lowest BCUT2D eigenvalue weighted by Crippen LogP contribution is -2.28. The summed E-state index contributed by atoms with van der Waals surface area (Å²) in [6.45, 7) is 2.98. The summed E-state index contributed by atoms with van der Waals surface area (Å²) < 4.78 is 13.5. The summed E-state index contributed by atoms with van der Waals surface area (Å²) in [5, 5.41) is 4.17. The molecular formula is C15H18Cl2FN. The van der Waals surface area contributed by atoms with E-state index in [1.807, 2.05) is 6.92 Å². The molecule has 3 rings (SSSR count). The molecule has 104 valence electrons. The van der Waals surface area contributed by atoms with Gasteiger partial charge in [-0.05, 0) is 56.1 Å². The average molecular weight is 302 g/mol. The summed E-state index contributed by atoms with van der Waals surface area (Å²) in [4.78, 5) is 0. The van der Waals surface area contributed by atoms with Crippen LogP contribution in [0.5, 0.6) is 0 Å². The number of hydrogen-bond donors (Lipinski definition) is 1. The van der Waals surface area contributed by atoms with Crippen LogP contribution in [-0.2, 0) is 0 Å². The Morgan fingerprint density at radius 2 is 2.05 bits per heavy atom. The quantitative estimate of drug-likeness (QED) is 0.757. The molecule has 0 bridgehead atoms. The molecule has 0 saturated heterocycles. The summed E-state index contributed by atoms with van der Waals surface area (Å²) >= 11 is 12.2. The minimum Gasteiger partial charge on any atom is -0.310 e. The normalized spacial score (nSPS) is 22.3. The molecule has 1 nitrogen and oxygen atoms in total. The van der Waals surface area contributed by atoms with E-state index in [1.165, 1.54) is 31.7 Å². The van der Waals surface area contributed by atoms with Gasteiger partial charge in [0.2, 0.25) is 0 Å². The second-order valence-electron chi connectivity index (χ2n) is 6.00. The Bertz CT molecular complexity index is 495. The monoisotopic (exact) mass is 301 g/mol. The lowest BCUT2D eigenvalue weighted by Gasteiger charge is -2.22. The fraction of sp³-hybridized carbons (Fsp3) is 0.600. The van der Waals surface area contributed by atoms with E-state index in [4.69, 9.17) is 23.2 Å². The van der Waals surface area contributed by atoms with Crippen LogP contribution in [0.2, 0.25) is 10.0 Å². The third-order valence-corrected chi connectivity index (χ3v) is 5.32. The Morgan fingerprint density at radius 3 is 2.63 bits per heavy atom. The molecule has 0 aliphatic heterocycles. The Kier molecular flexibility index (Phi) is 3.53. The zero-order valence-electron chi connectivity index (χ0n) is 11.0.